The van der Waals surface area contributed by atoms with Crippen molar-refractivity contribution >= 4 is 17.4 Å². The Labute approximate surface area is 189 Å². The van der Waals surface area contributed by atoms with Crippen molar-refractivity contribution in [2.75, 3.05) is 23.3 Å². The van der Waals surface area contributed by atoms with Gasteiger partial charge in [-0.1, -0.05) is 43.7 Å². The number of hydrogen-bond donors (Lipinski definition) is 1. The van der Waals surface area contributed by atoms with Gasteiger partial charge in [0.1, 0.15) is 5.75 Å². The van der Waals surface area contributed by atoms with Crippen LogP contribution in [0.25, 0.3) is 0 Å². The Morgan fingerprint density at radius 3 is 2.31 bits per heavy atom. The number of aryl methyl sites for hydroxylation is 1. The number of nitrogens with zero attached hydrogens (tertiary/aromatic N) is 3. The Bertz CT molecular complexity index is 1040. The normalized spacial score (nSPS) is 14.4. The molecule has 1 saturated heterocycles. The van der Waals surface area contributed by atoms with Gasteiger partial charge in [0.25, 0.3) is 5.88 Å². The summed E-state index contributed by atoms with van der Waals surface area (Å²) >= 11 is 0. The lowest BCUT2D eigenvalue weighted by molar-refractivity contribution is -0.120. The first-order chi connectivity index (χ1) is 15.5. The van der Waals surface area contributed by atoms with E-state index in [9.17, 15) is 4.79 Å². The zero-order valence-corrected chi connectivity index (χ0v) is 18.9. The van der Waals surface area contributed by atoms with E-state index in [0.717, 1.165) is 43.2 Å². The van der Waals surface area contributed by atoms with E-state index >= 15 is 0 Å². The molecule has 2 heterocycles. The van der Waals surface area contributed by atoms with Crippen molar-refractivity contribution in [3.05, 3.63) is 72.1 Å². The number of piperidine rings is 1. The quantitative estimate of drug-likeness (QED) is 0.555. The molecular formula is C26H30N4O2. The van der Waals surface area contributed by atoms with Gasteiger partial charge < -0.3 is 15.0 Å². The number of ether oxygens (including phenoxy) is 1. The summed E-state index contributed by atoms with van der Waals surface area (Å²) in [6.07, 6.45) is 4.83. The molecule has 166 valence electrons. The van der Waals surface area contributed by atoms with Gasteiger partial charge in [-0.2, -0.15) is 0 Å². The molecule has 4 rings (SSSR count). The maximum atomic E-state index is 12.8. The van der Waals surface area contributed by atoms with Crippen LogP contribution in [0.15, 0.2) is 60.9 Å². The molecule has 0 aliphatic carbocycles. The van der Waals surface area contributed by atoms with Crippen LogP contribution in [0.5, 0.6) is 11.6 Å². The van der Waals surface area contributed by atoms with Crippen molar-refractivity contribution in [1.82, 2.24) is 9.97 Å². The summed E-state index contributed by atoms with van der Waals surface area (Å²) in [5.74, 6) is 2.48. The van der Waals surface area contributed by atoms with Crippen LogP contribution in [-0.4, -0.2) is 29.0 Å². The standard InChI is InChI=1S/C26H30N4O2/c1-18(2)20-6-8-22(9-7-20)29-25(31)21-12-16-30(17-13-21)24-26(28-15-14-27-24)32-23-10-4-19(3)5-11-23/h4-11,14-15,18,21H,12-13,16-17H2,1-3H3,(H,29,31). The van der Waals surface area contributed by atoms with Crippen molar-refractivity contribution in [2.45, 2.75) is 39.5 Å². The van der Waals surface area contributed by atoms with Crippen LogP contribution in [0.2, 0.25) is 0 Å². The third kappa shape index (κ3) is 5.25. The van der Waals surface area contributed by atoms with Gasteiger partial charge in [-0.3, -0.25) is 4.79 Å². The summed E-state index contributed by atoms with van der Waals surface area (Å²) in [5, 5.41) is 3.07. The molecule has 1 N–H and O–H groups in total. The van der Waals surface area contributed by atoms with Crippen molar-refractivity contribution < 1.29 is 9.53 Å². The van der Waals surface area contributed by atoms with Crippen LogP contribution in [0, 0.1) is 12.8 Å². The first-order valence-corrected chi connectivity index (χ1v) is 11.2. The van der Waals surface area contributed by atoms with E-state index in [2.05, 4.69) is 46.2 Å². The third-order valence-electron chi connectivity index (χ3n) is 5.89. The molecule has 6 heteroatoms. The van der Waals surface area contributed by atoms with E-state index in [0.29, 0.717) is 11.8 Å². The first kappa shape index (κ1) is 21.8. The minimum atomic E-state index is -0.0193. The lowest BCUT2D eigenvalue weighted by Gasteiger charge is -2.32. The second-order valence-corrected chi connectivity index (χ2v) is 8.63. The molecule has 1 aliphatic heterocycles. The fourth-order valence-electron chi connectivity index (χ4n) is 3.87. The molecule has 0 saturated carbocycles. The van der Waals surface area contributed by atoms with Gasteiger partial charge in [-0.05, 0) is 55.5 Å². The minimum absolute atomic E-state index is 0.0193. The highest BCUT2D eigenvalue weighted by atomic mass is 16.5. The summed E-state index contributed by atoms with van der Waals surface area (Å²) in [6, 6.07) is 16.0. The average molecular weight is 431 g/mol. The number of aromatic nitrogens is 2. The fraction of sp³-hybridized carbons (Fsp3) is 0.346. The number of anilines is 2. The second kappa shape index (κ2) is 9.81. The Kier molecular flexibility index (Phi) is 6.69. The van der Waals surface area contributed by atoms with E-state index in [1.54, 1.807) is 12.4 Å². The highest BCUT2D eigenvalue weighted by Crippen LogP contribution is 2.31. The number of rotatable bonds is 6. The zero-order valence-electron chi connectivity index (χ0n) is 18.9. The van der Waals surface area contributed by atoms with Crippen molar-refractivity contribution in [3.8, 4) is 11.6 Å². The van der Waals surface area contributed by atoms with Crippen LogP contribution in [0.4, 0.5) is 11.5 Å². The molecule has 0 radical (unpaired) electrons. The number of benzene rings is 2. The molecule has 0 spiro atoms. The molecule has 1 fully saturated rings. The number of hydrogen-bond acceptors (Lipinski definition) is 5. The van der Waals surface area contributed by atoms with Crippen LogP contribution >= 0.6 is 0 Å². The SMILES string of the molecule is Cc1ccc(Oc2nccnc2N2CCC(C(=O)Nc3ccc(C(C)C)cc3)CC2)cc1. The highest BCUT2D eigenvalue weighted by Gasteiger charge is 2.27. The van der Waals surface area contributed by atoms with E-state index in [4.69, 9.17) is 4.74 Å². The van der Waals surface area contributed by atoms with Gasteiger partial charge in [0.05, 0.1) is 0 Å². The van der Waals surface area contributed by atoms with Crippen molar-refractivity contribution in [1.29, 1.82) is 0 Å². The summed E-state index contributed by atoms with van der Waals surface area (Å²) in [7, 11) is 0. The van der Waals surface area contributed by atoms with Crippen LogP contribution < -0.4 is 15.0 Å². The van der Waals surface area contributed by atoms with Crippen molar-refractivity contribution in [3.63, 3.8) is 0 Å². The molecule has 0 unspecified atom stereocenters. The Morgan fingerprint density at radius 2 is 1.66 bits per heavy atom. The Morgan fingerprint density at radius 1 is 1.00 bits per heavy atom. The minimum Gasteiger partial charge on any atom is -0.436 e. The number of nitrogens with one attached hydrogen (secondary N) is 1. The number of carbonyl (C=O) groups is 1. The van der Waals surface area contributed by atoms with Gasteiger partial charge in [0.15, 0.2) is 5.82 Å². The first-order valence-electron chi connectivity index (χ1n) is 11.2. The molecular weight excluding hydrogens is 400 g/mol. The van der Waals surface area contributed by atoms with E-state index in [1.807, 2.05) is 43.3 Å². The zero-order chi connectivity index (χ0) is 22.5. The van der Waals surface area contributed by atoms with Gasteiger partial charge in [0.2, 0.25) is 5.91 Å². The lowest BCUT2D eigenvalue weighted by Crippen LogP contribution is -2.38. The third-order valence-corrected chi connectivity index (χ3v) is 5.89. The van der Waals surface area contributed by atoms with Crippen molar-refractivity contribution in [2.24, 2.45) is 5.92 Å². The largest absolute Gasteiger partial charge is 0.436 e. The molecule has 0 bridgehead atoms. The molecule has 1 aromatic heterocycles. The molecule has 1 amide bonds. The van der Waals surface area contributed by atoms with Gasteiger partial charge >= 0.3 is 0 Å². The second-order valence-electron chi connectivity index (χ2n) is 8.63. The van der Waals surface area contributed by atoms with E-state index in [1.165, 1.54) is 11.1 Å². The maximum Gasteiger partial charge on any atom is 0.263 e. The number of carbonyl (C=O) groups excluding carboxylic acids is 1. The predicted molar refractivity (Wildman–Crippen MR) is 127 cm³/mol. The summed E-state index contributed by atoms with van der Waals surface area (Å²) in [4.78, 5) is 23.8. The Hall–Kier alpha value is -3.41. The molecule has 0 atom stereocenters. The molecule has 32 heavy (non-hydrogen) atoms. The summed E-state index contributed by atoms with van der Waals surface area (Å²) in [6.45, 7) is 7.82. The van der Waals surface area contributed by atoms with Gasteiger partial charge in [0, 0.05) is 37.1 Å². The Balaban J connectivity index is 1.36. The van der Waals surface area contributed by atoms with Crippen LogP contribution in [0.3, 0.4) is 0 Å². The van der Waals surface area contributed by atoms with E-state index in [-0.39, 0.29) is 11.8 Å². The van der Waals surface area contributed by atoms with Gasteiger partial charge in [-0.15, -0.1) is 0 Å². The molecule has 3 aromatic rings. The number of amides is 1. The fourth-order valence-corrected chi connectivity index (χ4v) is 3.87. The predicted octanol–water partition coefficient (Wildman–Crippen LogP) is 5.56. The van der Waals surface area contributed by atoms with E-state index < -0.39 is 0 Å². The molecule has 1 aliphatic rings. The molecule has 6 nitrogen and oxygen atoms in total. The maximum absolute atomic E-state index is 12.8. The van der Waals surface area contributed by atoms with Gasteiger partial charge in [-0.25, -0.2) is 9.97 Å². The average Bonchev–Trinajstić information content (AvgIpc) is 2.81. The summed E-state index contributed by atoms with van der Waals surface area (Å²) < 4.78 is 6.00. The topological polar surface area (TPSA) is 67.4 Å². The lowest BCUT2D eigenvalue weighted by atomic mass is 9.95. The van der Waals surface area contributed by atoms with Crippen LogP contribution in [-0.2, 0) is 4.79 Å². The van der Waals surface area contributed by atoms with Crippen LogP contribution in [0.1, 0.15) is 43.7 Å². The smallest absolute Gasteiger partial charge is 0.263 e. The monoisotopic (exact) mass is 430 g/mol. The summed E-state index contributed by atoms with van der Waals surface area (Å²) in [5.41, 5.74) is 3.29. The molecule has 2 aromatic carbocycles. The highest BCUT2D eigenvalue weighted by molar-refractivity contribution is 5.92.